The molecule has 37 heavy (non-hydrogen) atoms. The van der Waals surface area contributed by atoms with Gasteiger partial charge in [-0.05, 0) is 66.7 Å². The van der Waals surface area contributed by atoms with E-state index >= 15 is 0 Å². The van der Waals surface area contributed by atoms with Crippen LogP contribution in [0.2, 0.25) is 0 Å². The Hall–Kier alpha value is -2.68. The number of carbonyl (C=O) groups excluding carboxylic acids is 3. The average molecular weight is 522 g/mol. The lowest BCUT2D eigenvalue weighted by Gasteiger charge is -2.29. The molecule has 2 saturated heterocycles. The van der Waals surface area contributed by atoms with Crippen LogP contribution in [0.5, 0.6) is 0 Å². The van der Waals surface area contributed by atoms with Crippen molar-refractivity contribution in [1.29, 1.82) is 0 Å². The van der Waals surface area contributed by atoms with Gasteiger partial charge in [-0.1, -0.05) is 30.3 Å². The molecule has 8 heteroatoms. The van der Waals surface area contributed by atoms with E-state index in [1.54, 1.807) is 16.7 Å². The van der Waals surface area contributed by atoms with E-state index in [9.17, 15) is 14.4 Å². The number of fused-ring (bicyclic) bond motifs is 1. The topological polar surface area (TPSA) is 79.0 Å². The van der Waals surface area contributed by atoms with Gasteiger partial charge in [-0.25, -0.2) is 0 Å². The zero-order chi connectivity index (χ0) is 25.6. The lowest BCUT2D eigenvalue weighted by atomic mass is 10.0. The summed E-state index contributed by atoms with van der Waals surface area (Å²) in [5.41, 5.74) is 4.47. The van der Waals surface area contributed by atoms with Crippen molar-refractivity contribution in [2.24, 2.45) is 0 Å². The molecule has 0 spiro atoms. The summed E-state index contributed by atoms with van der Waals surface area (Å²) in [5.74, 6) is 0.249. The van der Waals surface area contributed by atoms with Gasteiger partial charge >= 0.3 is 0 Å². The van der Waals surface area contributed by atoms with Crippen LogP contribution in [0.15, 0.2) is 47.4 Å². The summed E-state index contributed by atoms with van der Waals surface area (Å²) in [6, 6.07) is 14.3. The molecule has 1 N–H and O–H groups in total. The Morgan fingerprint density at radius 2 is 1.70 bits per heavy atom. The van der Waals surface area contributed by atoms with E-state index in [0.717, 1.165) is 74.7 Å². The number of imide groups is 1. The van der Waals surface area contributed by atoms with Gasteiger partial charge in [0.05, 0.1) is 13.2 Å². The third-order valence-corrected chi connectivity index (χ3v) is 8.69. The Labute approximate surface area is 222 Å². The Balaban J connectivity index is 1.06. The molecule has 3 heterocycles. The number of hydrogen-bond donors (Lipinski definition) is 1. The van der Waals surface area contributed by atoms with E-state index in [1.165, 1.54) is 11.1 Å². The SMILES string of the molecule is O=C1CCC(N2Cc3c(SCCCCc4ccc(CCN5CCOCC5)cc4)cccc3C2=O)C(=O)N1. The predicted molar refractivity (Wildman–Crippen MR) is 144 cm³/mol. The maximum absolute atomic E-state index is 13.0. The van der Waals surface area contributed by atoms with E-state index in [0.29, 0.717) is 18.5 Å². The Kier molecular flexibility index (Phi) is 8.59. The number of amides is 3. The average Bonchev–Trinajstić information content (AvgIpc) is 3.25. The van der Waals surface area contributed by atoms with Gasteiger partial charge in [-0.3, -0.25) is 24.6 Å². The smallest absolute Gasteiger partial charge is 0.255 e. The molecule has 7 nitrogen and oxygen atoms in total. The minimum atomic E-state index is -0.568. The van der Waals surface area contributed by atoms with E-state index in [1.807, 2.05) is 12.1 Å². The molecular weight excluding hydrogens is 486 g/mol. The second-order valence-corrected chi connectivity index (χ2v) is 11.1. The highest BCUT2D eigenvalue weighted by atomic mass is 32.2. The summed E-state index contributed by atoms with van der Waals surface area (Å²) in [4.78, 5) is 42.0. The van der Waals surface area contributed by atoms with Crippen molar-refractivity contribution < 1.29 is 19.1 Å². The van der Waals surface area contributed by atoms with E-state index in [-0.39, 0.29) is 24.1 Å². The third kappa shape index (κ3) is 6.43. The quantitative estimate of drug-likeness (QED) is 0.293. The number of ether oxygens (including phenoxy) is 1. The van der Waals surface area contributed by atoms with Gasteiger partial charge in [0, 0.05) is 43.1 Å². The first-order valence-corrected chi connectivity index (χ1v) is 14.3. The lowest BCUT2D eigenvalue weighted by Crippen LogP contribution is -2.52. The van der Waals surface area contributed by atoms with Gasteiger partial charge in [-0.2, -0.15) is 0 Å². The number of hydrogen-bond acceptors (Lipinski definition) is 6. The highest BCUT2D eigenvalue weighted by molar-refractivity contribution is 7.99. The molecule has 196 valence electrons. The van der Waals surface area contributed by atoms with Crippen LogP contribution in [-0.4, -0.2) is 72.2 Å². The fourth-order valence-electron chi connectivity index (χ4n) is 5.29. The van der Waals surface area contributed by atoms with Crippen LogP contribution in [-0.2, 0) is 33.7 Å². The first kappa shape index (κ1) is 25.9. The van der Waals surface area contributed by atoms with Gasteiger partial charge in [0.25, 0.3) is 5.91 Å². The molecule has 0 bridgehead atoms. The number of unbranched alkanes of at least 4 members (excludes halogenated alkanes) is 1. The summed E-state index contributed by atoms with van der Waals surface area (Å²) in [6.07, 6.45) is 5.03. The molecule has 3 aliphatic rings. The van der Waals surface area contributed by atoms with Gasteiger partial charge in [-0.15, -0.1) is 11.8 Å². The molecule has 0 saturated carbocycles. The Morgan fingerprint density at radius 3 is 2.46 bits per heavy atom. The van der Waals surface area contributed by atoms with Gasteiger partial charge in [0.1, 0.15) is 6.04 Å². The minimum Gasteiger partial charge on any atom is -0.379 e. The molecular formula is C29H35N3O4S. The van der Waals surface area contributed by atoms with Crippen molar-refractivity contribution in [2.45, 2.75) is 56.0 Å². The number of piperidine rings is 1. The summed E-state index contributed by atoms with van der Waals surface area (Å²) >= 11 is 1.79. The van der Waals surface area contributed by atoms with Gasteiger partial charge < -0.3 is 9.64 Å². The maximum atomic E-state index is 13.0. The second-order valence-electron chi connectivity index (χ2n) is 10.0. The molecule has 0 aromatic heterocycles. The maximum Gasteiger partial charge on any atom is 0.255 e. The number of nitrogens with one attached hydrogen (secondary N) is 1. The van der Waals surface area contributed by atoms with Crippen LogP contribution in [0.4, 0.5) is 0 Å². The van der Waals surface area contributed by atoms with Crippen molar-refractivity contribution in [2.75, 3.05) is 38.6 Å². The first-order chi connectivity index (χ1) is 18.1. The van der Waals surface area contributed by atoms with Crippen molar-refractivity contribution in [3.8, 4) is 0 Å². The molecule has 2 fully saturated rings. The summed E-state index contributed by atoms with van der Waals surface area (Å²) in [7, 11) is 0. The number of thioether (sulfide) groups is 1. The predicted octanol–water partition coefficient (Wildman–Crippen LogP) is 3.44. The summed E-state index contributed by atoms with van der Waals surface area (Å²) < 4.78 is 5.42. The Morgan fingerprint density at radius 1 is 0.946 bits per heavy atom. The number of benzene rings is 2. The number of nitrogens with zero attached hydrogens (tertiary/aromatic N) is 2. The normalized spacial score (nSPS) is 20.3. The molecule has 3 aliphatic heterocycles. The van der Waals surface area contributed by atoms with Crippen molar-refractivity contribution in [1.82, 2.24) is 15.1 Å². The van der Waals surface area contributed by atoms with Crippen molar-refractivity contribution in [3.05, 3.63) is 64.7 Å². The largest absolute Gasteiger partial charge is 0.379 e. The molecule has 5 rings (SSSR count). The number of carbonyl (C=O) groups is 3. The van der Waals surface area contributed by atoms with Crippen LogP contribution in [0, 0.1) is 0 Å². The summed E-state index contributed by atoms with van der Waals surface area (Å²) in [5, 5.41) is 2.37. The number of aryl methyl sites for hydroxylation is 1. The van der Waals surface area contributed by atoms with Crippen LogP contribution >= 0.6 is 11.8 Å². The number of morpholine rings is 1. The fraction of sp³-hybridized carbons (Fsp3) is 0.483. The van der Waals surface area contributed by atoms with Crippen LogP contribution in [0.25, 0.3) is 0 Å². The first-order valence-electron chi connectivity index (χ1n) is 13.4. The standard InChI is InChI=1S/C29H35N3O4S/c33-27-12-11-25(28(34)30-27)32-20-24-23(29(32)35)5-3-6-26(24)37-19-2-1-4-21-7-9-22(10-8-21)13-14-31-15-17-36-18-16-31/h3,5-10,25H,1-2,4,11-20H2,(H,30,33,34). The zero-order valence-corrected chi connectivity index (χ0v) is 22.1. The lowest BCUT2D eigenvalue weighted by molar-refractivity contribution is -0.136. The fourth-order valence-corrected chi connectivity index (χ4v) is 6.38. The van der Waals surface area contributed by atoms with Gasteiger partial charge in [0.2, 0.25) is 11.8 Å². The highest BCUT2D eigenvalue weighted by Crippen LogP contribution is 2.34. The molecule has 1 unspecified atom stereocenters. The van der Waals surface area contributed by atoms with Gasteiger partial charge in [0.15, 0.2) is 0 Å². The van der Waals surface area contributed by atoms with Crippen LogP contribution in [0.1, 0.15) is 52.7 Å². The van der Waals surface area contributed by atoms with E-state index < -0.39 is 6.04 Å². The molecule has 2 aromatic carbocycles. The minimum absolute atomic E-state index is 0.111. The molecule has 0 aliphatic carbocycles. The number of rotatable bonds is 10. The molecule has 3 amide bonds. The zero-order valence-electron chi connectivity index (χ0n) is 21.2. The summed E-state index contributed by atoms with van der Waals surface area (Å²) in [6.45, 7) is 5.31. The molecule has 2 aromatic rings. The molecule has 1 atom stereocenters. The molecule has 0 radical (unpaired) electrons. The van der Waals surface area contributed by atoms with Crippen molar-refractivity contribution >= 4 is 29.5 Å². The van der Waals surface area contributed by atoms with Crippen molar-refractivity contribution in [3.63, 3.8) is 0 Å². The highest BCUT2D eigenvalue weighted by Gasteiger charge is 2.39. The Bertz CT molecular complexity index is 1130. The van der Waals surface area contributed by atoms with E-state index in [4.69, 9.17) is 4.74 Å². The monoisotopic (exact) mass is 521 g/mol. The van der Waals surface area contributed by atoms with Crippen LogP contribution < -0.4 is 5.32 Å². The second kappa shape index (κ2) is 12.2. The van der Waals surface area contributed by atoms with E-state index in [2.05, 4.69) is 40.5 Å². The third-order valence-electron chi connectivity index (χ3n) is 7.50. The van der Waals surface area contributed by atoms with Crippen LogP contribution in [0.3, 0.4) is 0 Å².